The second kappa shape index (κ2) is 7.55. The van der Waals surface area contributed by atoms with Crippen LogP contribution in [0.1, 0.15) is 44.1 Å². The first-order valence-corrected chi connectivity index (χ1v) is 11.7. The molecular formula is C25H24F3NSe. The minimum absolute atomic E-state index is 0.0156. The Morgan fingerprint density at radius 3 is 2.47 bits per heavy atom. The number of nitrogens with zero attached hydrogens (tertiary/aromatic N) is 1. The van der Waals surface area contributed by atoms with Gasteiger partial charge < -0.3 is 0 Å². The van der Waals surface area contributed by atoms with Crippen molar-refractivity contribution < 1.29 is 14.5 Å². The Hall–Kier alpha value is -2.10. The van der Waals surface area contributed by atoms with Crippen LogP contribution in [-0.2, 0) is 11.8 Å². The number of benzene rings is 2. The van der Waals surface area contributed by atoms with Crippen molar-refractivity contribution in [1.82, 2.24) is 4.98 Å². The Morgan fingerprint density at radius 1 is 1.03 bits per heavy atom. The molecule has 0 amide bonds. The molecule has 0 unspecified atom stereocenters. The van der Waals surface area contributed by atoms with Gasteiger partial charge in [0, 0.05) is 0 Å². The van der Waals surface area contributed by atoms with Crippen molar-refractivity contribution in [1.29, 1.82) is 0 Å². The van der Waals surface area contributed by atoms with Gasteiger partial charge in [-0.3, -0.25) is 0 Å². The predicted molar refractivity (Wildman–Crippen MR) is 119 cm³/mol. The van der Waals surface area contributed by atoms with Crippen molar-refractivity contribution in [2.24, 2.45) is 0 Å². The van der Waals surface area contributed by atoms with Crippen molar-refractivity contribution in [3.63, 3.8) is 0 Å². The van der Waals surface area contributed by atoms with E-state index in [4.69, 9.17) is 1.37 Å². The molecule has 0 aliphatic rings. The molecule has 4 rings (SSSR count). The average molecular weight is 475 g/mol. The molecule has 0 N–H and O–H groups in total. The van der Waals surface area contributed by atoms with E-state index in [1.807, 2.05) is 19.1 Å². The molecule has 30 heavy (non-hydrogen) atoms. The number of alkyl halides is 3. The number of pyridine rings is 1. The molecule has 156 valence electrons. The number of hydrogen-bond acceptors (Lipinski definition) is 1. The fraction of sp³-hybridized carbons (Fsp3) is 0.320. The molecule has 2 heterocycles. The van der Waals surface area contributed by atoms with Crippen LogP contribution in [0.15, 0.2) is 48.6 Å². The van der Waals surface area contributed by atoms with Crippen LogP contribution in [-0.4, -0.2) is 25.7 Å². The Morgan fingerprint density at radius 2 is 1.77 bits per heavy atom. The minimum atomic E-state index is -4.17. The summed E-state index contributed by atoms with van der Waals surface area (Å²) in [5, 5.41) is 3.17. The summed E-state index contributed by atoms with van der Waals surface area (Å²) in [6.07, 6.45) is -4.82. The molecule has 2 aromatic carbocycles. The Bertz CT molecular complexity index is 1280. The number of aromatic nitrogens is 1. The van der Waals surface area contributed by atoms with Crippen LogP contribution in [0.5, 0.6) is 0 Å². The summed E-state index contributed by atoms with van der Waals surface area (Å²) in [6, 6.07) is 14.1. The SMILES string of the molecule is [2H]c1cc2c(C)c(CCC(F)(F)F)[se]c2c(-c2cc(C(C)(C)C)c3ccccc3c2)n1. The first-order valence-electron chi connectivity index (χ1n) is 10.4. The number of hydrogen-bond donors (Lipinski definition) is 0. The van der Waals surface area contributed by atoms with Crippen molar-refractivity contribution in [3.8, 4) is 11.3 Å². The van der Waals surface area contributed by atoms with E-state index in [0.29, 0.717) is 0 Å². The molecule has 0 aliphatic carbocycles. The van der Waals surface area contributed by atoms with E-state index in [1.54, 1.807) is 6.07 Å². The van der Waals surface area contributed by atoms with Crippen molar-refractivity contribution in [3.05, 3.63) is 64.2 Å². The number of fused-ring (bicyclic) bond motifs is 2. The number of rotatable bonds is 3. The van der Waals surface area contributed by atoms with Gasteiger partial charge >= 0.3 is 182 Å². The van der Waals surface area contributed by atoms with Gasteiger partial charge in [0.05, 0.1) is 0 Å². The maximum atomic E-state index is 12.8. The van der Waals surface area contributed by atoms with E-state index >= 15 is 0 Å². The van der Waals surface area contributed by atoms with Gasteiger partial charge in [0.25, 0.3) is 0 Å². The molecule has 0 saturated carbocycles. The van der Waals surface area contributed by atoms with Crippen LogP contribution in [0.25, 0.3) is 31.7 Å². The van der Waals surface area contributed by atoms with Crippen LogP contribution in [0.2, 0.25) is 0 Å². The third kappa shape index (κ3) is 4.06. The number of halogens is 3. The third-order valence-electron chi connectivity index (χ3n) is 5.47. The van der Waals surface area contributed by atoms with Gasteiger partial charge in [0.15, 0.2) is 0 Å². The summed E-state index contributed by atoms with van der Waals surface area (Å²) in [5.74, 6) is 0. The van der Waals surface area contributed by atoms with E-state index in [1.165, 1.54) is 10.9 Å². The molecular weight excluding hydrogens is 450 g/mol. The normalized spacial score (nSPS) is 13.2. The maximum absolute atomic E-state index is 12.8. The summed E-state index contributed by atoms with van der Waals surface area (Å²) in [4.78, 5) is 4.56. The van der Waals surface area contributed by atoms with Crippen LogP contribution in [0.3, 0.4) is 0 Å². The average Bonchev–Trinajstić information content (AvgIpc) is 2.99. The third-order valence-corrected chi connectivity index (χ3v) is 8.35. The molecule has 0 bridgehead atoms. The van der Waals surface area contributed by atoms with Crippen LogP contribution >= 0.6 is 0 Å². The fourth-order valence-corrected chi connectivity index (χ4v) is 6.61. The molecule has 4 aromatic rings. The summed E-state index contributed by atoms with van der Waals surface area (Å²) in [6.45, 7) is 8.39. The molecule has 0 atom stereocenters. The molecule has 0 saturated heterocycles. The van der Waals surface area contributed by atoms with Crippen LogP contribution in [0, 0.1) is 6.92 Å². The van der Waals surface area contributed by atoms with Gasteiger partial charge in [-0.05, 0) is 0 Å². The quantitative estimate of drug-likeness (QED) is 0.285. The molecule has 1 nitrogen and oxygen atoms in total. The molecule has 0 radical (unpaired) electrons. The van der Waals surface area contributed by atoms with Gasteiger partial charge in [-0.1, -0.05) is 0 Å². The zero-order valence-corrected chi connectivity index (χ0v) is 19.2. The predicted octanol–water partition coefficient (Wildman–Crippen LogP) is 7.21. The van der Waals surface area contributed by atoms with Gasteiger partial charge in [0.1, 0.15) is 0 Å². The van der Waals surface area contributed by atoms with Crippen LogP contribution in [0.4, 0.5) is 13.2 Å². The van der Waals surface area contributed by atoms with Crippen molar-refractivity contribution in [2.45, 2.75) is 52.1 Å². The second-order valence-corrected chi connectivity index (χ2v) is 11.1. The first kappa shape index (κ1) is 19.8. The van der Waals surface area contributed by atoms with Gasteiger partial charge in [-0.2, -0.15) is 0 Å². The molecule has 0 spiro atoms. The van der Waals surface area contributed by atoms with E-state index in [0.717, 1.165) is 36.3 Å². The number of aryl methyl sites for hydroxylation is 2. The molecule has 2 aromatic heterocycles. The van der Waals surface area contributed by atoms with E-state index in [2.05, 4.69) is 50.0 Å². The topological polar surface area (TPSA) is 12.9 Å². The van der Waals surface area contributed by atoms with Crippen molar-refractivity contribution in [2.75, 3.05) is 0 Å². The summed E-state index contributed by atoms with van der Waals surface area (Å²) >= 11 is -0.228. The van der Waals surface area contributed by atoms with Crippen LogP contribution < -0.4 is 0 Å². The summed E-state index contributed by atoms with van der Waals surface area (Å²) in [5.41, 5.74) is 3.65. The zero-order valence-electron chi connectivity index (χ0n) is 18.4. The standard InChI is InChI=1S/C25H24F3NSe/c1-15-18-10-12-29-22(23(18)30-21(15)9-11-25(26,27)28)17-13-16-7-5-6-8-19(16)20(14-17)24(2,3)4/h5-8,10,12-14H,9,11H2,1-4H3/i12D. The van der Waals surface area contributed by atoms with E-state index in [9.17, 15) is 13.2 Å². The zero-order chi connectivity index (χ0) is 22.6. The Labute approximate surface area is 182 Å². The Kier molecular flexibility index (Phi) is 4.99. The molecule has 5 heteroatoms. The summed E-state index contributed by atoms with van der Waals surface area (Å²) < 4.78 is 48.5. The van der Waals surface area contributed by atoms with Gasteiger partial charge in [0.2, 0.25) is 0 Å². The van der Waals surface area contributed by atoms with Crippen molar-refractivity contribution >= 4 is 34.9 Å². The molecule has 0 fully saturated rings. The summed E-state index contributed by atoms with van der Waals surface area (Å²) in [7, 11) is 0. The first-order chi connectivity index (χ1) is 14.4. The fourth-order valence-electron chi connectivity index (χ4n) is 3.89. The van der Waals surface area contributed by atoms with E-state index < -0.39 is 12.6 Å². The second-order valence-electron chi connectivity index (χ2n) is 8.74. The van der Waals surface area contributed by atoms with E-state index in [-0.39, 0.29) is 32.5 Å². The molecule has 0 aliphatic heterocycles. The van der Waals surface area contributed by atoms with Gasteiger partial charge in [-0.25, -0.2) is 0 Å². The monoisotopic (exact) mass is 476 g/mol. The Balaban J connectivity index is 1.95. The van der Waals surface area contributed by atoms with Gasteiger partial charge in [-0.15, -0.1) is 0 Å².